The van der Waals surface area contributed by atoms with Gasteiger partial charge in [-0.1, -0.05) is 30.7 Å². The van der Waals surface area contributed by atoms with Crippen LogP contribution in [-0.4, -0.2) is 17.9 Å². The number of nitrogens with two attached hydrogens (primary N) is 1. The van der Waals surface area contributed by atoms with Crippen LogP contribution in [0.5, 0.6) is 5.75 Å². The van der Waals surface area contributed by atoms with Crippen LogP contribution in [0.25, 0.3) is 0 Å². The standard InChI is InChI=1S/C19H22N2O3/c1-4-16(24-17-9-8-12(2)10-13(17)3)19(23)21-15-7-5-6-14(11-15)18(20)22/h5-11,16H,4H2,1-3H3,(H2,20,22)(H,21,23). The van der Waals surface area contributed by atoms with Crippen LogP contribution >= 0.6 is 0 Å². The van der Waals surface area contributed by atoms with E-state index in [0.717, 1.165) is 11.1 Å². The molecular formula is C19H22N2O3. The van der Waals surface area contributed by atoms with E-state index in [2.05, 4.69) is 5.32 Å². The molecule has 0 heterocycles. The lowest BCUT2D eigenvalue weighted by Gasteiger charge is -2.19. The summed E-state index contributed by atoms with van der Waals surface area (Å²) < 4.78 is 5.86. The number of aryl methyl sites for hydroxylation is 2. The largest absolute Gasteiger partial charge is 0.480 e. The number of carbonyl (C=O) groups is 2. The Hall–Kier alpha value is -2.82. The molecule has 1 unspecified atom stereocenters. The Kier molecular flexibility index (Phi) is 5.58. The molecule has 0 spiro atoms. The fourth-order valence-electron chi connectivity index (χ4n) is 2.38. The SMILES string of the molecule is CCC(Oc1ccc(C)cc1C)C(=O)Nc1cccc(C(N)=O)c1. The Labute approximate surface area is 141 Å². The average Bonchev–Trinajstić information content (AvgIpc) is 2.54. The summed E-state index contributed by atoms with van der Waals surface area (Å²) in [7, 11) is 0. The first-order chi connectivity index (χ1) is 11.4. The number of hydrogen-bond donors (Lipinski definition) is 2. The van der Waals surface area contributed by atoms with Crippen molar-refractivity contribution < 1.29 is 14.3 Å². The zero-order chi connectivity index (χ0) is 17.7. The summed E-state index contributed by atoms with van der Waals surface area (Å²) in [6.07, 6.45) is -0.0991. The lowest BCUT2D eigenvalue weighted by Crippen LogP contribution is -2.32. The molecule has 0 aliphatic heterocycles. The van der Waals surface area contributed by atoms with Crippen molar-refractivity contribution in [2.75, 3.05) is 5.32 Å². The van der Waals surface area contributed by atoms with Crippen molar-refractivity contribution in [2.24, 2.45) is 5.73 Å². The number of primary amides is 1. The van der Waals surface area contributed by atoms with Crippen LogP contribution in [0, 0.1) is 13.8 Å². The maximum Gasteiger partial charge on any atom is 0.265 e. The first-order valence-electron chi connectivity index (χ1n) is 7.85. The number of carbonyl (C=O) groups excluding carboxylic acids is 2. The van der Waals surface area contributed by atoms with E-state index < -0.39 is 12.0 Å². The predicted molar refractivity (Wildman–Crippen MR) is 94.2 cm³/mol. The third-order valence-corrected chi connectivity index (χ3v) is 3.68. The van der Waals surface area contributed by atoms with Crippen molar-refractivity contribution in [3.05, 3.63) is 59.2 Å². The lowest BCUT2D eigenvalue weighted by atomic mass is 10.1. The van der Waals surface area contributed by atoms with Gasteiger partial charge in [-0.15, -0.1) is 0 Å². The number of hydrogen-bond acceptors (Lipinski definition) is 3. The van der Waals surface area contributed by atoms with Gasteiger partial charge in [0.2, 0.25) is 5.91 Å². The van der Waals surface area contributed by atoms with Crippen LogP contribution in [0.3, 0.4) is 0 Å². The van der Waals surface area contributed by atoms with Crippen molar-refractivity contribution in [3.8, 4) is 5.75 Å². The molecule has 0 aliphatic rings. The van der Waals surface area contributed by atoms with Gasteiger partial charge in [0.1, 0.15) is 5.75 Å². The number of rotatable bonds is 6. The maximum atomic E-state index is 12.5. The second-order valence-electron chi connectivity index (χ2n) is 5.72. The summed E-state index contributed by atoms with van der Waals surface area (Å²) >= 11 is 0. The van der Waals surface area contributed by atoms with Gasteiger partial charge >= 0.3 is 0 Å². The van der Waals surface area contributed by atoms with Crippen molar-refractivity contribution >= 4 is 17.5 Å². The van der Waals surface area contributed by atoms with E-state index in [1.807, 2.05) is 39.0 Å². The van der Waals surface area contributed by atoms with Crippen LogP contribution in [-0.2, 0) is 4.79 Å². The minimum atomic E-state index is -0.622. The molecule has 2 aromatic carbocycles. The third-order valence-electron chi connectivity index (χ3n) is 3.68. The van der Waals surface area contributed by atoms with E-state index in [1.165, 1.54) is 0 Å². The Balaban J connectivity index is 2.11. The number of anilines is 1. The van der Waals surface area contributed by atoms with Gasteiger partial charge in [0.05, 0.1) is 0 Å². The molecule has 2 aromatic rings. The van der Waals surface area contributed by atoms with Crippen molar-refractivity contribution in [3.63, 3.8) is 0 Å². The quantitative estimate of drug-likeness (QED) is 0.855. The molecule has 126 valence electrons. The highest BCUT2D eigenvalue weighted by molar-refractivity contribution is 5.97. The molecule has 0 bridgehead atoms. The highest BCUT2D eigenvalue weighted by Gasteiger charge is 2.19. The molecule has 24 heavy (non-hydrogen) atoms. The molecule has 0 saturated carbocycles. The molecule has 0 saturated heterocycles. The topological polar surface area (TPSA) is 81.4 Å². The smallest absolute Gasteiger partial charge is 0.265 e. The van der Waals surface area contributed by atoms with Crippen LogP contribution < -0.4 is 15.8 Å². The third kappa shape index (κ3) is 4.35. The molecule has 1 atom stereocenters. The normalized spacial score (nSPS) is 11.6. The van der Waals surface area contributed by atoms with Gasteiger partial charge < -0.3 is 15.8 Å². The number of nitrogens with one attached hydrogen (secondary N) is 1. The molecule has 0 fully saturated rings. The van der Waals surface area contributed by atoms with Gasteiger partial charge in [-0.25, -0.2) is 0 Å². The Morgan fingerprint density at radius 2 is 1.92 bits per heavy atom. The van der Waals surface area contributed by atoms with Gasteiger partial charge in [0, 0.05) is 11.3 Å². The van der Waals surface area contributed by atoms with E-state index in [0.29, 0.717) is 23.4 Å². The molecule has 2 amide bonds. The highest BCUT2D eigenvalue weighted by atomic mass is 16.5. The van der Waals surface area contributed by atoms with Gasteiger partial charge in [0.15, 0.2) is 6.10 Å². The van der Waals surface area contributed by atoms with Crippen LogP contribution in [0.2, 0.25) is 0 Å². The molecule has 3 N–H and O–H groups in total. The van der Waals surface area contributed by atoms with Crippen molar-refractivity contribution in [1.29, 1.82) is 0 Å². The number of ether oxygens (including phenoxy) is 1. The van der Waals surface area contributed by atoms with Gasteiger partial charge in [-0.3, -0.25) is 9.59 Å². The Morgan fingerprint density at radius 1 is 1.17 bits per heavy atom. The van der Waals surface area contributed by atoms with E-state index in [-0.39, 0.29) is 5.91 Å². The summed E-state index contributed by atoms with van der Waals surface area (Å²) in [4.78, 5) is 23.7. The molecule has 0 aromatic heterocycles. The van der Waals surface area contributed by atoms with Crippen molar-refractivity contribution in [1.82, 2.24) is 0 Å². The molecule has 0 radical (unpaired) electrons. The fraction of sp³-hybridized carbons (Fsp3) is 0.263. The molecule has 5 heteroatoms. The van der Waals surface area contributed by atoms with E-state index in [4.69, 9.17) is 10.5 Å². The highest BCUT2D eigenvalue weighted by Crippen LogP contribution is 2.21. The summed E-state index contributed by atoms with van der Waals surface area (Å²) in [5, 5.41) is 2.77. The van der Waals surface area contributed by atoms with Crippen molar-refractivity contribution in [2.45, 2.75) is 33.3 Å². The maximum absolute atomic E-state index is 12.5. The summed E-state index contributed by atoms with van der Waals surface area (Å²) in [5.41, 5.74) is 8.23. The van der Waals surface area contributed by atoms with E-state index >= 15 is 0 Å². The van der Waals surface area contributed by atoms with E-state index in [1.54, 1.807) is 24.3 Å². The van der Waals surface area contributed by atoms with Gasteiger partial charge in [0.25, 0.3) is 5.91 Å². The fourth-order valence-corrected chi connectivity index (χ4v) is 2.38. The molecule has 0 aliphatic carbocycles. The second-order valence-corrected chi connectivity index (χ2v) is 5.72. The second kappa shape index (κ2) is 7.64. The average molecular weight is 326 g/mol. The number of benzene rings is 2. The zero-order valence-corrected chi connectivity index (χ0v) is 14.1. The summed E-state index contributed by atoms with van der Waals surface area (Å²) in [6.45, 7) is 5.84. The van der Waals surface area contributed by atoms with Crippen LogP contribution in [0.1, 0.15) is 34.8 Å². The predicted octanol–water partition coefficient (Wildman–Crippen LogP) is 3.20. The van der Waals surface area contributed by atoms with Gasteiger partial charge in [-0.05, 0) is 50.1 Å². The number of amides is 2. The minimum Gasteiger partial charge on any atom is -0.480 e. The van der Waals surface area contributed by atoms with E-state index in [9.17, 15) is 9.59 Å². The van der Waals surface area contributed by atoms with Gasteiger partial charge in [-0.2, -0.15) is 0 Å². The zero-order valence-electron chi connectivity index (χ0n) is 14.1. The molecule has 2 rings (SSSR count). The summed E-state index contributed by atoms with van der Waals surface area (Å²) in [5.74, 6) is -0.114. The first-order valence-corrected chi connectivity index (χ1v) is 7.85. The molecular weight excluding hydrogens is 304 g/mol. The van der Waals surface area contributed by atoms with Crippen LogP contribution in [0.4, 0.5) is 5.69 Å². The first kappa shape index (κ1) is 17.5. The minimum absolute atomic E-state index is 0.265. The summed E-state index contributed by atoms with van der Waals surface area (Å²) in [6, 6.07) is 12.3. The van der Waals surface area contributed by atoms with Crippen LogP contribution in [0.15, 0.2) is 42.5 Å². The monoisotopic (exact) mass is 326 g/mol. The molecule has 5 nitrogen and oxygen atoms in total. The Bertz CT molecular complexity index is 756. The lowest BCUT2D eigenvalue weighted by molar-refractivity contribution is -0.122. The Morgan fingerprint density at radius 3 is 2.54 bits per heavy atom.